The van der Waals surface area contributed by atoms with Gasteiger partial charge in [0.2, 0.25) is 0 Å². The molecule has 5 nitrogen and oxygen atoms in total. The van der Waals surface area contributed by atoms with Gasteiger partial charge < -0.3 is 19.5 Å². The van der Waals surface area contributed by atoms with Crippen LogP contribution in [0, 0.1) is 11.6 Å². The standard InChI is InChI=1S/C31H31F2NO4/c1-30(2)18-38-31(3,16-5-4-7-19-10-11-20(29(36)37)17-23(19)33)27-26-24(8-6-9-25(26)35)34(28(27)30)22-14-12-21(32)13-15-22/h6,8-15,17,35H,4-5,7,16,18H2,1-3H3,(H,36,37). The molecular formula is C31H31F2NO4. The number of carboxylic acid groups (broad SMARTS) is 1. The number of benzene rings is 3. The van der Waals surface area contributed by atoms with Gasteiger partial charge in [0.25, 0.3) is 0 Å². The van der Waals surface area contributed by atoms with Crippen molar-refractivity contribution in [2.24, 2.45) is 0 Å². The van der Waals surface area contributed by atoms with E-state index in [1.165, 1.54) is 24.3 Å². The Morgan fingerprint density at radius 2 is 1.76 bits per heavy atom. The number of hydrogen-bond acceptors (Lipinski definition) is 3. The molecule has 38 heavy (non-hydrogen) atoms. The molecule has 0 amide bonds. The van der Waals surface area contributed by atoms with E-state index < -0.39 is 17.4 Å². The van der Waals surface area contributed by atoms with Gasteiger partial charge in [0.05, 0.1) is 23.3 Å². The van der Waals surface area contributed by atoms with E-state index in [2.05, 4.69) is 18.4 Å². The van der Waals surface area contributed by atoms with E-state index in [-0.39, 0.29) is 22.5 Å². The van der Waals surface area contributed by atoms with Crippen molar-refractivity contribution in [1.82, 2.24) is 4.57 Å². The van der Waals surface area contributed by atoms with E-state index in [1.807, 2.05) is 13.0 Å². The topological polar surface area (TPSA) is 71.7 Å². The van der Waals surface area contributed by atoms with Crippen LogP contribution < -0.4 is 0 Å². The summed E-state index contributed by atoms with van der Waals surface area (Å²) in [5.74, 6) is -1.82. The number of aryl methyl sites for hydroxylation is 1. The maximum absolute atomic E-state index is 14.4. The number of rotatable bonds is 7. The molecule has 0 bridgehead atoms. The van der Waals surface area contributed by atoms with Gasteiger partial charge in [-0.2, -0.15) is 0 Å². The zero-order valence-electron chi connectivity index (χ0n) is 21.7. The number of carboxylic acids is 1. The van der Waals surface area contributed by atoms with Crippen LogP contribution in [0.4, 0.5) is 8.78 Å². The Kier molecular flexibility index (Phi) is 6.51. The minimum absolute atomic E-state index is 0.0677. The van der Waals surface area contributed by atoms with Crippen LogP contribution in [0.25, 0.3) is 16.6 Å². The van der Waals surface area contributed by atoms with Gasteiger partial charge in [-0.15, -0.1) is 0 Å². The molecule has 0 aliphatic carbocycles. The van der Waals surface area contributed by atoms with Gasteiger partial charge in [-0.1, -0.05) is 26.0 Å². The molecule has 0 fully saturated rings. The number of hydrogen-bond donors (Lipinski definition) is 2. The van der Waals surface area contributed by atoms with Crippen molar-refractivity contribution >= 4 is 16.9 Å². The molecule has 7 heteroatoms. The van der Waals surface area contributed by atoms with E-state index >= 15 is 0 Å². The number of unbranched alkanes of at least 4 members (excludes halogenated alkanes) is 1. The lowest BCUT2D eigenvalue weighted by atomic mass is 9.76. The number of ether oxygens (including phenoxy) is 1. The maximum Gasteiger partial charge on any atom is 0.335 e. The lowest BCUT2D eigenvalue weighted by Gasteiger charge is -2.43. The molecule has 0 saturated heterocycles. The van der Waals surface area contributed by atoms with E-state index in [1.54, 1.807) is 24.3 Å². The van der Waals surface area contributed by atoms with Crippen LogP contribution in [0.15, 0.2) is 60.7 Å². The van der Waals surface area contributed by atoms with Gasteiger partial charge >= 0.3 is 5.97 Å². The Morgan fingerprint density at radius 3 is 2.45 bits per heavy atom. The third kappa shape index (κ3) is 4.45. The summed E-state index contributed by atoms with van der Waals surface area (Å²) in [6, 6.07) is 15.8. The number of carbonyl (C=O) groups is 1. The fourth-order valence-corrected chi connectivity index (χ4v) is 5.67. The number of aromatic hydroxyl groups is 1. The zero-order chi connectivity index (χ0) is 27.2. The minimum atomic E-state index is -1.15. The van der Waals surface area contributed by atoms with Crippen LogP contribution in [0.2, 0.25) is 0 Å². The van der Waals surface area contributed by atoms with Crippen molar-refractivity contribution < 1.29 is 28.5 Å². The highest BCUT2D eigenvalue weighted by Crippen LogP contribution is 2.51. The van der Waals surface area contributed by atoms with Gasteiger partial charge in [-0.05, 0) is 86.7 Å². The molecule has 0 saturated carbocycles. The van der Waals surface area contributed by atoms with Gasteiger partial charge in [0.1, 0.15) is 17.4 Å². The fourth-order valence-electron chi connectivity index (χ4n) is 5.67. The quantitative estimate of drug-likeness (QED) is 0.252. The van der Waals surface area contributed by atoms with Crippen LogP contribution in [0.5, 0.6) is 5.75 Å². The molecule has 1 aliphatic rings. The predicted molar refractivity (Wildman–Crippen MR) is 142 cm³/mol. The third-order valence-electron chi connectivity index (χ3n) is 7.63. The highest BCUT2D eigenvalue weighted by atomic mass is 19.1. The first-order chi connectivity index (χ1) is 18.0. The van der Waals surface area contributed by atoms with Crippen LogP contribution in [-0.2, 0) is 22.2 Å². The van der Waals surface area contributed by atoms with Crippen LogP contribution in [0.1, 0.15) is 67.2 Å². The molecule has 0 radical (unpaired) electrons. The van der Waals surface area contributed by atoms with Crippen molar-refractivity contribution in [2.75, 3.05) is 6.61 Å². The number of fused-ring (bicyclic) bond motifs is 3. The molecule has 4 aromatic rings. The second kappa shape index (κ2) is 9.55. The molecule has 1 unspecified atom stereocenters. The summed E-state index contributed by atoms with van der Waals surface area (Å²) in [5.41, 5.74) is 2.89. The summed E-state index contributed by atoms with van der Waals surface area (Å²) in [6.45, 7) is 6.69. The molecule has 2 heterocycles. The molecule has 1 atom stereocenters. The molecule has 1 aromatic heterocycles. The largest absolute Gasteiger partial charge is 0.507 e. The number of nitrogens with zero attached hydrogens (tertiary/aromatic N) is 1. The molecule has 5 rings (SSSR count). The summed E-state index contributed by atoms with van der Waals surface area (Å²) in [6.07, 6.45) is 2.53. The monoisotopic (exact) mass is 519 g/mol. The van der Waals surface area contributed by atoms with Gasteiger partial charge in [-0.25, -0.2) is 13.6 Å². The smallest absolute Gasteiger partial charge is 0.335 e. The molecule has 2 N–H and O–H groups in total. The van der Waals surface area contributed by atoms with Crippen molar-refractivity contribution in [2.45, 2.75) is 57.5 Å². The summed E-state index contributed by atoms with van der Waals surface area (Å²) in [5, 5.41) is 20.8. The van der Waals surface area contributed by atoms with Crippen molar-refractivity contribution in [3.8, 4) is 11.4 Å². The van der Waals surface area contributed by atoms with E-state index in [0.717, 1.165) is 40.3 Å². The van der Waals surface area contributed by atoms with Crippen molar-refractivity contribution in [3.05, 3.63) is 94.7 Å². The molecular weight excluding hydrogens is 488 g/mol. The SMILES string of the molecule is CC1(C)COC(C)(CCCCc2ccc(C(=O)O)cc2F)c2c1n(-c1ccc(F)cc1)c1cccc(O)c21. The molecule has 0 spiro atoms. The Hall–Kier alpha value is -3.71. The first-order valence-corrected chi connectivity index (χ1v) is 12.8. The summed E-state index contributed by atoms with van der Waals surface area (Å²) < 4.78 is 36.8. The van der Waals surface area contributed by atoms with Gasteiger partial charge in [0, 0.05) is 27.7 Å². The second-order valence-electron chi connectivity index (χ2n) is 10.9. The normalized spacial score (nSPS) is 18.4. The Morgan fingerprint density at radius 1 is 1.03 bits per heavy atom. The highest BCUT2D eigenvalue weighted by Gasteiger charge is 2.45. The van der Waals surface area contributed by atoms with Crippen molar-refractivity contribution in [3.63, 3.8) is 0 Å². The number of aromatic nitrogens is 1. The fraction of sp³-hybridized carbons (Fsp3) is 0.323. The molecule has 1 aliphatic heterocycles. The Bertz CT molecular complexity index is 1520. The average molecular weight is 520 g/mol. The maximum atomic E-state index is 14.4. The summed E-state index contributed by atoms with van der Waals surface area (Å²) in [4.78, 5) is 11.1. The third-order valence-corrected chi connectivity index (χ3v) is 7.63. The summed E-state index contributed by atoms with van der Waals surface area (Å²) in [7, 11) is 0. The number of phenols is 1. The zero-order valence-corrected chi connectivity index (χ0v) is 21.7. The number of aromatic carboxylic acids is 1. The van der Waals surface area contributed by atoms with E-state index in [4.69, 9.17) is 9.84 Å². The average Bonchev–Trinajstić information content (AvgIpc) is 3.25. The molecule has 198 valence electrons. The van der Waals surface area contributed by atoms with Gasteiger partial charge in [0.15, 0.2) is 0 Å². The summed E-state index contributed by atoms with van der Waals surface area (Å²) >= 11 is 0. The highest BCUT2D eigenvalue weighted by molar-refractivity contribution is 5.94. The first-order valence-electron chi connectivity index (χ1n) is 12.8. The second-order valence-corrected chi connectivity index (χ2v) is 10.9. The molecule has 3 aromatic carbocycles. The van der Waals surface area contributed by atoms with Gasteiger partial charge in [-0.3, -0.25) is 0 Å². The van der Waals surface area contributed by atoms with Crippen LogP contribution in [0.3, 0.4) is 0 Å². The minimum Gasteiger partial charge on any atom is -0.507 e. The number of halogens is 2. The lowest BCUT2D eigenvalue weighted by Crippen LogP contribution is -2.42. The lowest BCUT2D eigenvalue weighted by molar-refractivity contribution is -0.0783. The van der Waals surface area contributed by atoms with Crippen LogP contribution in [-0.4, -0.2) is 27.4 Å². The van der Waals surface area contributed by atoms with E-state index in [9.17, 15) is 18.7 Å². The van der Waals surface area contributed by atoms with Crippen LogP contribution >= 0.6 is 0 Å². The van der Waals surface area contributed by atoms with Crippen molar-refractivity contribution in [1.29, 1.82) is 0 Å². The predicted octanol–water partition coefficient (Wildman–Crippen LogP) is 7.25. The van der Waals surface area contributed by atoms with E-state index in [0.29, 0.717) is 31.4 Å². The Labute approximate surface area is 220 Å². The number of phenolic OH excluding ortho intramolecular Hbond substituents is 1. The first kappa shape index (κ1) is 25.9. The Balaban J connectivity index is 1.50.